The summed E-state index contributed by atoms with van der Waals surface area (Å²) in [6, 6.07) is 24.9. The van der Waals surface area contributed by atoms with Gasteiger partial charge >= 0.3 is 0 Å². The number of benzene rings is 3. The SMILES string of the molecule is CC([NH2+]CCC(=O)/C(=C/c1cccc([N+](=O)[O-])c1)c1ccccc1)C(O)c1ccccc1.[Cl-]. The van der Waals surface area contributed by atoms with Crippen LogP contribution in [0.3, 0.4) is 0 Å². The van der Waals surface area contributed by atoms with Crippen molar-refractivity contribution in [1.29, 1.82) is 0 Å². The van der Waals surface area contributed by atoms with Crippen molar-refractivity contribution < 1.29 is 32.5 Å². The lowest BCUT2D eigenvalue weighted by molar-refractivity contribution is -0.693. The molecule has 0 heterocycles. The van der Waals surface area contributed by atoms with Crippen molar-refractivity contribution in [1.82, 2.24) is 0 Å². The average Bonchev–Trinajstić information content (AvgIpc) is 2.83. The van der Waals surface area contributed by atoms with Gasteiger partial charge in [0.1, 0.15) is 12.1 Å². The monoisotopic (exact) mass is 466 g/mol. The molecule has 0 aliphatic rings. The van der Waals surface area contributed by atoms with Gasteiger partial charge in [-0.3, -0.25) is 14.9 Å². The van der Waals surface area contributed by atoms with Crippen LogP contribution in [0.1, 0.15) is 36.1 Å². The number of nitro benzene ring substituents is 1. The number of aliphatic hydroxyl groups is 1. The lowest BCUT2D eigenvalue weighted by atomic mass is 9.97. The third-order valence-electron chi connectivity index (χ3n) is 5.33. The number of halogens is 1. The van der Waals surface area contributed by atoms with E-state index in [1.807, 2.05) is 72.9 Å². The fourth-order valence-electron chi connectivity index (χ4n) is 3.53. The van der Waals surface area contributed by atoms with E-state index in [0.29, 0.717) is 17.7 Å². The Bertz CT molecular complexity index is 1090. The number of aliphatic hydroxyl groups excluding tert-OH is 1. The van der Waals surface area contributed by atoms with Gasteiger partial charge in [0.2, 0.25) is 0 Å². The third kappa shape index (κ3) is 7.36. The summed E-state index contributed by atoms with van der Waals surface area (Å²) in [4.78, 5) is 23.8. The van der Waals surface area contributed by atoms with Crippen LogP contribution in [0.15, 0.2) is 84.9 Å². The Hall–Kier alpha value is -3.32. The molecule has 33 heavy (non-hydrogen) atoms. The summed E-state index contributed by atoms with van der Waals surface area (Å²) >= 11 is 0. The minimum Gasteiger partial charge on any atom is -1.00 e. The molecule has 0 saturated heterocycles. The van der Waals surface area contributed by atoms with Gasteiger partial charge in [0.25, 0.3) is 5.69 Å². The van der Waals surface area contributed by atoms with Crippen LogP contribution >= 0.6 is 0 Å². The second kappa shape index (κ2) is 12.6. The second-order valence-electron chi connectivity index (χ2n) is 7.69. The molecule has 3 aromatic rings. The van der Waals surface area contributed by atoms with Gasteiger partial charge < -0.3 is 22.8 Å². The third-order valence-corrected chi connectivity index (χ3v) is 5.33. The van der Waals surface area contributed by atoms with E-state index in [9.17, 15) is 20.0 Å². The van der Waals surface area contributed by atoms with Crippen molar-refractivity contribution >= 4 is 23.1 Å². The molecule has 3 rings (SSSR count). The van der Waals surface area contributed by atoms with E-state index in [-0.39, 0.29) is 36.3 Å². The standard InChI is InChI=1S/C26H26N2O4.ClH/c1-19(26(30)22-12-6-3-7-13-22)27-16-15-25(29)24(21-10-4-2-5-11-21)18-20-9-8-14-23(17-20)28(31)32;/h2-14,17-19,26-27,30H,15-16H2,1H3;1H/b24-18+;. The molecule has 0 fully saturated rings. The van der Waals surface area contributed by atoms with E-state index in [4.69, 9.17) is 0 Å². The van der Waals surface area contributed by atoms with Crippen molar-refractivity contribution in [3.63, 3.8) is 0 Å². The number of hydrogen-bond donors (Lipinski definition) is 2. The maximum absolute atomic E-state index is 13.1. The number of nitrogens with two attached hydrogens (primary N) is 1. The number of nitrogens with zero attached hydrogens (tertiary/aromatic N) is 1. The predicted molar refractivity (Wildman–Crippen MR) is 125 cm³/mol. The molecule has 0 bridgehead atoms. The van der Waals surface area contributed by atoms with Crippen LogP contribution in [0.5, 0.6) is 0 Å². The second-order valence-corrected chi connectivity index (χ2v) is 7.69. The van der Waals surface area contributed by atoms with Gasteiger partial charge in [0.05, 0.1) is 17.9 Å². The van der Waals surface area contributed by atoms with Crippen LogP contribution < -0.4 is 17.7 Å². The van der Waals surface area contributed by atoms with Crippen molar-refractivity contribution in [2.75, 3.05) is 6.54 Å². The van der Waals surface area contributed by atoms with Gasteiger partial charge in [-0.1, -0.05) is 72.8 Å². The number of carbonyl (C=O) groups is 1. The molecule has 7 heteroatoms. The molecule has 0 aromatic heterocycles. The first-order valence-electron chi connectivity index (χ1n) is 10.6. The first-order chi connectivity index (χ1) is 15.5. The molecule has 2 atom stereocenters. The first kappa shape index (κ1) is 25.9. The fourth-order valence-corrected chi connectivity index (χ4v) is 3.53. The zero-order valence-corrected chi connectivity index (χ0v) is 19.1. The Labute approximate surface area is 199 Å². The number of non-ortho nitro benzene ring substituents is 1. The number of hydrogen-bond acceptors (Lipinski definition) is 4. The van der Waals surface area contributed by atoms with E-state index >= 15 is 0 Å². The number of carbonyl (C=O) groups excluding carboxylic acids is 1. The quantitative estimate of drug-likeness (QED) is 0.200. The van der Waals surface area contributed by atoms with Crippen molar-refractivity contribution in [2.45, 2.75) is 25.5 Å². The average molecular weight is 467 g/mol. The lowest BCUT2D eigenvalue weighted by Gasteiger charge is -2.17. The molecule has 0 radical (unpaired) electrons. The molecule has 0 aliphatic carbocycles. The number of ketones is 1. The summed E-state index contributed by atoms with van der Waals surface area (Å²) < 4.78 is 0. The molecule has 0 amide bonds. The van der Waals surface area contributed by atoms with E-state index in [2.05, 4.69) is 0 Å². The Morgan fingerprint density at radius 1 is 1.03 bits per heavy atom. The number of quaternary nitrogens is 1. The summed E-state index contributed by atoms with van der Waals surface area (Å²) in [5, 5.41) is 23.6. The number of rotatable bonds is 10. The maximum Gasteiger partial charge on any atom is 0.270 e. The number of nitro groups is 1. The van der Waals surface area contributed by atoms with Crippen molar-refractivity contribution in [3.8, 4) is 0 Å². The van der Waals surface area contributed by atoms with E-state index in [0.717, 1.165) is 11.1 Å². The van der Waals surface area contributed by atoms with Crippen LogP contribution in [0.25, 0.3) is 11.6 Å². The van der Waals surface area contributed by atoms with Gasteiger partial charge in [0.15, 0.2) is 5.78 Å². The van der Waals surface area contributed by atoms with Crippen molar-refractivity contribution in [3.05, 3.63) is 112 Å². The van der Waals surface area contributed by atoms with E-state index in [1.165, 1.54) is 12.1 Å². The van der Waals surface area contributed by atoms with Gasteiger partial charge in [-0.05, 0) is 29.7 Å². The maximum atomic E-state index is 13.1. The highest BCUT2D eigenvalue weighted by Gasteiger charge is 2.20. The highest BCUT2D eigenvalue weighted by atomic mass is 35.5. The molecule has 172 valence electrons. The highest BCUT2D eigenvalue weighted by molar-refractivity contribution is 6.25. The smallest absolute Gasteiger partial charge is 0.270 e. The molecule has 3 N–H and O–H groups in total. The minimum absolute atomic E-state index is 0. The molecule has 0 saturated carbocycles. The van der Waals surface area contributed by atoms with Crippen LogP contribution in [0.4, 0.5) is 5.69 Å². The van der Waals surface area contributed by atoms with Crippen LogP contribution in [-0.2, 0) is 4.79 Å². The molecule has 0 aliphatic heterocycles. The lowest BCUT2D eigenvalue weighted by Crippen LogP contribution is -3.00. The summed E-state index contributed by atoms with van der Waals surface area (Å²) in [5.74, 6) is -0.0552. The summed E-state index contributed by atoms with van der Waals surface area (Å²) in [5.41, 5.74) is 2.70. The zero-order valence-electron chi connectivity index (χ0n) is 18.3. The predicted octanol–water partition coefficient (Wildman–Crippen LogP) is 0.784. The Balaban J connectivity index is 0.00000385. The van der Waals surface area contributed by atoms with Crippen LogP contribution in [-0.4, -0.2) is 28.4 Å². The number of allylic oxidation sites excluding steroid dienone is 1. The minimum atomic E-state index is -0.625. The normalized spacial score (nSPS) is 13.0. The largest absolute Gasteiger partial charge is 1.00 e. The fraction of sp³-hybridized carbons (Fsp3) is 0.192. The molecular formula is C26H27ClN2O4. The summed E-state index contributed by atoms with van der Waals surface area (Å²) in [7, 11) is 0. The molecule has 0 spiro atoms. The van der Waals surface area contributed by atoms with E-state index < -0.39 is 11.0 Å². The zero-order chi connectivity index (χ0) is 22.9. The highest BCUT2D eigenvalue weighted by Crippen LogP contribution is 2.22. The van der Waals surface area contributed by atoms with Gasteiger partial charge in [0, 0.05) is 17.7 Å². The van der Waals surface area contributed by atoms with Gasteiger partial charge in [-0.25, -0.2) is 0 Å². The summed E-state index contributed by atoms with van der Waals surface area (Å²) in [6.07, 6.45) is 1.36. The molecule has 2 unspecified atom stereocenters. The molecule has 6 nitrogen and oxygen atoms in total. The Kier molecular flexibility index (Phi) is 9.94. The van der Waals surface area contributed by atoms with Gasteiger partial charge in [-0.15, -0.1) is 0 Å². The first-order valence-corrected chi connectivity index (χ1v) is 10.6. The number of Topliss-reactive ketones (excluding diaryl/α,β-unsaturated/α-hetero) is 1. The van der Waals surface area contributed by atoms with Crippen molar-refractivity contribution in [2.24, 2.45) is 0 Å². The Morgan fingerprint density at radius 2 is 1.67 bits per heavy atom. The molecule has 3 aromatic carbocycles. The molecular weight excluding hydrogens is 440 g/mol. The van der Waals surface area contributed by atoms with Gasteiger partial charge in [-0.2, -0.15) is 0 Å². The van der Waals surface area contributed by atoms with Crippen LogP contribution in [0, 0.1) is 10.1 Å². The summed E-state index contributed by atoms with van der Waals surface area (Å²) in [6.45, 7) is 2.45. The van der Waals surface area contributed by atoms with Crippen LogP contribution in [0.2, 0.25) is 0 Å². The van der Waals surface area contributed by atoms with E-state index in [1.54, 1.807) is 18.2 Å². The topological polar surface area (TPSA) is 97.0 Å². The Morgan fingerprint density at radius 3 is 2.30 bits per heavy atom.